The van der Waals surface area contributed by atoms with E-state index in [-0.39, 0.29) is 44.5 Å². The molecule has 0 aliphatic carbocycles. The lowest BCUT2D eigenvalue weighted by Gasteiger charge is -2.52. The maximum atomic E-state index is 13.9. The van der Waals surface area contributed by atoms with Gasteiger partial charge in [0.15, 0.2) is 5.76 Å². The molecule has 4 amide bonds. The Balaban J connectivity index is 0.000000453. The number of aryl methyl sites for hydroxylation is 1. The minimum absolute atomic E-state index is 0.0883. The number of carbonyl (C=O) groups is 3. The SMILES string of the molecule is C#C.Cc1ccc(O)cc1.O=C1CN2C(=O)CN(Cc3cc(-c4cnccn4)no3)N(C(=O)NCc3ccccc3)C2CN1Cc1cccc2ncccc12. The van der Waals surface area contributed by atoms with Crippen molar-refractivity contribution in [3.8, 4) is 30.0 Å². The van der Waals surface area contributed by atoms with Crippen LogP contribution in [0.25, 0.3) is 22.3 Å². The summed E-state index contributed by atoms with van der Waals surface area (Å²) >= 11 is 0. The van der Waals surface area contributed by atoms with Crippen molar-refractivity contribution in [3.05, 3.63) is 138 Å². The number of carbonyl (C=O) groups excluding carboxylic acids is 3. The minimum atomic E-state index is -0.741. The smallest absolute Gasteiger partial charge is 0.334 e. The number of amides is 4. The van der Waals surface area contributed by atoms with Crippen LogP contribution in [0.15, 0.2) is 120 Å². The van der Waals surface area contributed by atoms with Crippen LogP contribution in [0, 0.1) is 19.8 Å². The quantitative estimate of drug-likeness (QED) is 0.219. The number of pyridine rings is 1. The first-order valence-corrected chi connectivity index (χ1v) is 17.4. The topological polar surface area (TPSA) is 161 Å². The van der Waals surface area contributed by atoms with Crippen LogP contribution in [-0.2, 0) is 29.2 Å². The van der Waals surface area contributed by atoms with E-state index in [4.69, 9.17) is 9.63 Å². The van der Waals surface area contributed by atoms with Gasteiger partial charge in [0.2, 0.25) is 11.8 Å². The number of phenolic OH excluding ortho intramolecular Hbond substituents is 1. The van der Waals surface area contributed by atoms with Crippen LogP contribution >= 0.6 is 0 Å². The Labute approximate surface area is 318 Å². The lowest BCUT2D eigenvalue weighted by Crippen LogP contribution is -2.73. The number of hydrogen-bond donors (Lipinski definition) is 2. The molecule has 8 rings (SSSR count). The first-order valence-electron chi connectivity index (χ1n) is 17.4. The number of aromatic nitrogens is 4. The largest absolute Gasteiger partial charge is 0.508 e. The van der Waals surface area contributed by atoms with Gasteiger partial charge in [0.05, 0.1) is 31.3 Å². The van der Waals surface area contributed by atoms with E-state index >= 15 is 0 Å². The Kier molecular flexibility index (Phi) is 12.0. The van der Waals surface area contributed by atoms with E-state index in [1.807, 2.05) is 79.7 Å². The summed E-state index contributed by atoms with van der Waals surface area (Å²) in [6.07, 6.45) is 13.7. The maximum absolute atomic E-state index is 13.9. The number of hydrogen-bond acceptors (Lipinski definition) is 10. The van der Waals surface area contributed by atoms with Crippen molar-refractivity contribution in [3.63, 3.8) is 0 Å². The molecule has 0 bridgehead atoms. The molecular formula is C41H39N9O5. The number of aromatic hydroxyl groups is 1. The first-order chi connectivity index (χ1) is 26.8. The number of urea groups is 1. The molecular weight excluding hydrogens is 699 g/mol. The van der Waals surface area contributed by atoms with Crippen molar-refractivity contribution in [1.82, 2.24) is 45.2 Å². The zero-order valence-corrected chi connectivity index (χ0v) is 30.1. The molecule has 5 heterocycles. The second kappa shape index (κ2) is 17.6. The third kappa shape index (κ3) is 9.10. The summed E-state index contributed by atoms with van der Waals surface area (Å²) in [5.74, 6) is 0.311. The van der Waals surface area contributed by atoms with E-state index in [0.717, 1.165) is 22.0 Å². The Bertz CT molecular complexity index is 2220. The van der Waals surface area contributed by atoms with Crippen LogP contribution in [0.1, 0.15) is 22.5 Å². The van der Waals surface area contributed by atoms with Gasteiger partial charge < -0.3 is 24.7 Å². The van der Waals surface area contributed by atoms with Crippen LogP contribution in [-0.4, -0.2) is 88.7 Å². The van der Waals surface area contributed by atoms with Crippen molar-refractivity contribution in [2.24, 2.45) is 0 Å². The van der Waals surface area contributed by atoms with Crippen molar-refractivity contribution < 1.29 is 24.0 Å². The minimum Gasteiger partial charge on any atom is -0.508 e. The zero-order chi connectivity index (χ0) is 38.7. The normalized spacial score (nSPS) is 15.3. The molecule has 1 unspecified atom stereocenters. The van der Waals surface area contributed by atoms with Gasteiger partial charge in [-0.1, -0.05) is 71.4 Å². The Morgan fingerprint density at radius 1 is 0.873 bits per heavy atom. The maximum Gasteiger partial charge on any atom is 0.334 e. The highest BCUT2D eigenvalue weighted by Crippen LogP contribution is 2.27. The van der Waals surface area contributed by atoms with Gasteiger partial charge in [-0.2, -0.15) is 5.01 Å². The highest BCUT2D eigenvalue weighted by Gasteiger charge is 2.47. The van der Waals surface area contributed by atoms with Gasteiger partial charge >= 0.3 is 6.03 Å². The van der Waals surface area contributed by atoms with Gasteiger partial charge in [-0.3, -0.25) is 24.5 Å². The number of piperazine rings is 1. The van der Waals surface area contributed by atoms with E-state index < -0.39 is 12.2 Å². The van der Waals surface area contributed by atoms with Gasteiger partial charge in [-0.25, -0.2) is 9.80 Å². The molecule has 14 heteroatoms. The molecule has 14 nitrogen and oxygen atoms in total. The van der Waals surface area contributed by atoms with Gasteiger partial charge in [-0.15, -0.1) is 12.8 Å². The Morgan fingerprint density at radius 2 is 1.67 bits per heavy atom. The fraction of sp³-hybridized carbons (Fsp3) is 0.195. The molecule has 6 aromatic rings. The van der Waals surface area contributed by atoms with Crippen LogP contribution in [0.3, 0.4) is 0 Å². The summed E-state index contributed by atoms with van der Waals surface area (Å²) < 4.78 is 5.60. The Hall–Kier alpha value is -7.11. The lowest BCUT2D eigenvalue weighted by atomic mass is 10.1. The molecule has 2 N–H and O–H groups in total. The number of terminal acetylenes is 1. The molecule has 2 saturated heterocycles. The summed E-state index contributed by atoms with van der Waals surface area (Å²) in [5, 5.41) is 20.0. The molecule has 55 heavy (non-hydrogen) atoms. The van der Waals surface area contributed by atoms with Crippen molar-refractivity contribution in [2.45, 2.75) is 32.7 Å². The molecule has 2 fully saturated rings. The number of nitrogens with one attached hydrogen (secondary N) is 1. The van der Waals surface area contributed by atoms with Gasteiger partial charge in [0.1, 0.15) is 29.8 Å². The fourth-order valence-corrected chi connectivity index (χ4v) is 6.30. The molecule has 3 aromatic heterocycles. The van der Waals surface area contributed by atoms with E-state index in [2.05, 4.69) is 38.3 Å². The molecule has 278 valence electrons. The number of benzene rings is 3. The highest BCUT2D eigenvalue weighted by molar-refractivity contribution is 5.89. The molecule has 3 aromatic carbocycles. The van der Waals surface area contributed by atoms with Crippen molar-refractivity contribution >= 4 is 28.7 Å². The molecule has 0 saturated carbocycles. The average molecular weight is 738 g/mol. The summed E-state index contributed by atoms with van der Waals surface area (Å²) in [6.45, 7) is 2.53. The number of rotatable bonds is 7. The van der Waals surface area contributed by atoms with Crippen molar-refractivity contribution in [2.75, 3.05) is 19.6 Å². The van der Waals surface area contributed by atoms with Crippen LogP contribution in [0.4, 0.5) is 4.79 Å². The number of hydrazine groups is 1. The molecule has 0 radical (unpaired) electrons. The van der Waals surface area contributed by atoms with Crippen LogP contribution in [0.5, 0.6) is 5.75 Å². The van der Waals surface area contributed by atoms with E-state index in [1.54, 1.807) is 52.9 Å². The number of fused-ring (bicyclic) bond motifs is 2. The lowest BCUT2D eigenvalue weighted by molar-refractivity contribution is -0.184. The first kappa shape index (κ1) is 37.6. The molecule has 2 aliphatic rings. The van der Waals surface area contributed by atoms with Gasteiger partial charge in [0.25, 0.3) is 0 Å². The monoisotopic (exact) mass is 737 g/mol. The standard InChI is InChI=1S/C32H29N9O4.C7H8O.C2H2/c42-30-21-40-29(19-38(30)17-23-8-4-10-26-25(23)9-5-11-34-26)41(32(44)36-15-22-6-2-1-3-7-22)39(20-31(40)43)18-24-14-27(37-45-24)28-16-33-12-13-35-28;1-6-2-4-7(8)5-3-6;1-2/h1-14,16,29H,15,17-21H2,(H,36,44);2-5,8H,1H3;1-2H. The van der Waals surface area contributed by atoms with Crippen molar-refractivity contribution in [1.29, 1.82) is 0 Å². The number of nitrogens with zero attached hydrogens (tertiary/aromatic N) is 8. The van der Waals surface area contributed by atoms with Crippen LogP contribution in [0.2, 0.25) is 0 Å². The molecule has 2 aliphatic heterocycles. The highest BCUT2D eigenvalue weighted by atomic mass is 16.5. The summed E-state index contributed by atoms with van der Waals surface area (Å²) in [6, 6.07) is 27.6. The van der Waals surface area contributed by atoms with Gasteiger partial charge in [-0.05, 0) is 42.3 Å². The van der Waals surface area contributed by atoms with Gasteiger partial charge in [0, 0.05) is 43.1 Å². The summed E-state index contributed by atoms with van der Waals surface area (Å²) in [7, 11) is 0. The predicted molar refractivity (Wildman–Crippen MR) is 204 cm³/mol. The van der Waals surface area contributed by atoms with Crippen LogP contribution < -0.4 is 5.32 Å². The second-order valence-corrected chi connectivity index (χ2v) is 12.7. The van der Waals surface area contributed by atoms with E-state index in [1.165, 1.54) is 15.5 Å². The van der Waals surface area contributed by atoms with E-state index in [0.29, 0.717) is 29.4 Å². The second-order valence-electron chi connectivity index (χ2n) is 12.7. The fourth-order valence-electron chi connectivity index (χ4n) is 6.30. The summed E-state index contributed by atoms with van der Waals surface area (Å²) in [4.78, 5) is 56.7. The summed E-state index contributed by atoms with van der Waals surface area (Å²) in [5.41, 5.74) is 4.88. The third-order valence-corrected chi connectivity index (χ3v) is 8.98. The molecule has 0 spiro atoms. The van der Waals surface area contributed by atoms with E-state index in [9.17, 15) is 14.4 Å². The predicted octanol–water partition coefficient (Wildman–Crippen LogP) is 4.77. The number of phenols is 1. The Morgan fingerprint density at radius 3 is 2.42 bits per heavy atom. The third-order valence-electron chi connectivity index (χ3n) is 8.98. The average Bonchev–Trinajstić information content (AvgIpc) is 3.69. The zero-order valence-electron chi connectivity index (χ0n) is 30.1. The molecule has 1 atom stereocenters.